The number of hydrogen-bond acceptors (Lipinski definition) is 5. The van der Waals surface area contributed by atoms with Crippen molar-refractivity contribution >= 4 is 32.2 Å². The first-order valence-electron chi connectivity index (χ1n) is 5.00. The molecule has 0 aliphatic carbocycles. The smallest absolute Gasteiger partial charge is 0.337 e. The van der Waals surface area contributed by atoms with Crippen molar-refractivity contribution in [2.75, 3.05) is 27.0 Å². The Morgan fingerprint density at radius 3 is 2.22 bits per heavy atom. The van der Waals surface area contributed by atoms with Gasteiger partial charge in [0.2, 0.25) is 0 Å². The standard InChI is InChI=1S/C11H15O5P.Li/c1-14-17(13,15-2)9-10(12)8-16-11-6-4-3-5-7-11;/h3-7H,8-9H2,1-2H3;. The summed E-state index contributed by atoms with van der Waals surface area (Å²) in [7, 11) is -0.797. The van der Waals surface area contributed by atoms with Gasteiger partial charge in [-0.2, -0.15) is 0 Å². The zero-order chi connectivity index (χ0) is 12.7. The average Bonchev–Trinajstić information content (AvgIpc) is 2.37. The van der Waals surface area contributed by atoms with Gasteiger partial charge in [-0.25, -0.2) is 0 Å². The molecule has 95 valence electrons. The first kappa shape index (κ1) is 17.4. The van der Waals surface area contributed by atoms with E-state index in [0.717, 1.165) is 0 Å². The predicted molar refractivity (Wildman–Crippen MR) is 69.2 cm³/mol. The van der Waals surface area contributed by atoms with Gasteiger partial charge in [-0.1, -0.05) is 18.2 Å². The van der Waals surface area contributed by atoms with Gasteiger partial charge < -0.3 is 13.8 Å². The van der Waals surface area contributed by atoms with Gasteiger partial charge in [0.05, 0.1) is 0 Å². The molecule has 7 heteroatoms. The van der Waals surface area contributed by atoms with Crippen LogP contribution in [0.1, 0.15) is 0 Å². The Kier molecular flexibility index (Phi) is 8.26. The van der Waals surface area contributed by atoms with Crippen LogP contribution >= 0.6 is 7.60 Å². The molecule has 0 aromatic heterocycles. The van der Waals surface area contributed by atoms with Crippen molar-refractivity contribution in [1.29, 1.82) is 0 Å². The summed E-state index contributed by atoms with van der Waals surface area (Å²) in [6.45, 7) is -0.152. The second-order valence-electron chi connectivity index (χ2n) is 3.27. The zero-order valence-corrected chi connectivity index (χ0v) is 11.7. The first-order valence-corrected chi connectivity index (χ1v) is 6.72. The Morgan fingerprint density at radius 2 is 1.72 bits per heavy atom. The summed E-state index contributed by atoms with van der Waals surface area (Å²) in [5.41, 5.74) is 0. The first-order chi connectivity index (χ1) is 8.09. The monoisotopic (exact) mass is 265 g/mol. The second-order valence-corrected chi connectivity index (χ2v) is 5.54. The Morgan fingerprint density at radius 1 is 1.17 bits per heavy atom. The number of carbonyl (C=O) groups is 1. The summed E-state index contributed by atoms with van der Waals surface area (Å²) in [5, 5.41) is 0. The van der Waals surface area contributed by atoms with Gasteiger partial charge in [0, 0.05) is 33.1 Å². The number of Topliss-reactive ketones (excluding diaryl/α,β-unsaturated/α-hetero) is 1. The van der Waals surface area contributed by atoms with Gasteiger partial charge in [-0.05, 0) is 12.1 Å². The van der Waals surface area contributed by atoms with Crippen LogP contribution in [-0.4, -0.2) is 51.6 Å². The van der Waals surface area contributed by atoms with Crippen molar-refractivity contribution in [2.24, 2.45) is 0 Å². The van der Waals surface area contributed by atoms with Crippen LogP contribution in [0.5, 0.6) is 5.75 Å². The largest absolute Gasteiger partial charge is 0.486 e. The molecule has 1 radical (unpaired) electrons. The maximum absolute atomic E-state index is 11.7. The van der Waals surface area contributed by atoms with Gasteiger partial charge in [0.1, 0.15) is 18.5 Å². The molecule has 1 rings (SSSR count). The predicted octanol–water partition coefficient (Wildman–Crippen LogP) is 1.74. The van der Waals surface area contributed by atoms with Crippen LogP contribution in [0.3, 0.4) is 0 Å². The van der Waals surface area contributed by atoms with Crippen LogP contribution in [0.15, 0.2) is 30.3 Å². The van der Waals surface area contributed by atoms with Gasteiger partial charge in [-0.3, -0.25) is 9.36 Å². The Labute approximate surface area is 119 Å². The molecule has 0 saturated carbocycles. The molecule has 0 amide bonds. The summed E-state index contributed by atoms with van der Waals surface area (Å²) >= 11 is 0. The second kappa shape index (κ2) is 8.52. The van der Waals surface area contributed by atoms with Crippen LogP contribution in [0, 0.1) is 0 Å². The van der Waals surface area contributed by atoms with Crippen molar-refractivity contribution < 1.29 is 23.1 Å². The summed E-state index contributed by atoms with van der Waals surface area (Å²) in [4.78, 5) is 11.5. The molecule has 0 saturated heterocycles. The molecule has 0 atom stereocenters. The molecular weight excluding hydrogens is 250 g/mol. The fourth-order valence-electron chi connectivity index (χ4n) is 1.15. The fourth-order valence-corrected chi connectivity index (χ4v) is 2.08. The Hall–Kier alpha value is -0.563. The number of para-hydroxylation sites is 1. The van der Waals surface area contributed by atoms with E-state index in [1.54, 1.807) is 24.3 Å². The molecule has 0 fully saturated rings. The van der Waals surface area contributed by atoms with Crippen LogP contribution in [0.25, 0.3) is 0 Å². The summed E-state index contributed by atoms with van der Waals surface area (Å²) in [5.74, 6) is 0.256. The number of hydrogen-bond donors (Lipinski definition) is 0. The van der Waals surface area contributed by atoms with Crippen LogP contribution in [-0.2, 0) is 18.4 Å². The van der Waals surface area contributed by atoms with E-state index >= 15 is 0 Å². The SMILES string of the molecule is COP(=O)(CC(=O)COc1ccccc1)OC.[Li]. The topological polar surface area (TPSA) is 61.8 Å². The Bertz CT molecular complexity index is 401. The third-order valence-electron chi connectivity index (χ3n) is 2.07. The van der Waals surface area contributed by atoms with E-state index in [9.17, 15) is 9.36 Å². The Balaban J connectivity index is 0.00000289. The van der Waals surface area contributed by atoms with Gasteiger partial charge in [-0.15, -0.1) is 0 Å². The number of rotatable bonds is 7. The third-order valence-corrected chi connectivity index (χ3v) is 3.92. The fraction of sp³-hybridized carbons (Fsp3) is 0.364. The number of carbonyl (C=O) groups excluding carboxylic acids is 1. The molecule has 1 aromatic carbocycles. The van der Waals surface area contributed by atoms with E-state index in [4.69, 9.17) is 4.74 Å². The third kappa shape index (κ3) is 5.86. The summed E-state index contributed by atoms with van der Waals surface area (Å²) in [6, 6.07) is 8.92. The molecule has 0 bridgehead atoms. The van der Waals surface area contributed by atoms with E-state index in [-0.39, 0.29) is 37.4 Å². The summed E-state index contributed by atoms with van der Waals surface area (Å²) in [6.07, 6.45) is -0.285. The van der Waals surface area contributed by atoms with E-state index in [0.29, 0.717) is 5.75 Å². The van der Waals surface area contributed by atoms with Crippen molar-refractivity contribution in [2.45, 2.75) is 0 Å². The van der Waals surface area contributed by atoms with Crippen molar-refractivity contribution in [3.05, 3.63) is 30.3 Å². The van der Waals surface area contributed by atoms with E-state index in [2.05, 4.69) is 9.05 Å². The molecule has 0 heterocycles. The molecule has 1 aromatic rings. The molecule has 0 N–H and O–H groups in total. The molecule has 0 spiro atoms. The van der Waals surface area contributed by atoms with E-state index < -0.39 is 7.60 Å². The van der Waals surface area contributed by atoms with E-state index in [1.807, 2.05) is 6.07 Å². The summed E-state index contributed by atoms with van der Waals surface area (Å²) < 4.78 is 26.2. The minimum Gasteiger partial charge on any atom is -0.486 e. The van der Waals surface area contributed by atoms with Gasteiger partial charge in [0.25, 0.3) is 0 Å². The quantitative estimate of drug-likeness (QED) is 0.555. The zero-order valence-electron chi connectivity index (χ0n) is 10.8. The van der Waals surface area contributed by atoms with Crippen LogP contribution < -0.4 is 4.74 Å². The molecule has 0 unspecified atom stereocenters. The minimum absolute atomic E-state index is 0. The average molecular weight is 265 g/mol. The van der Waals surface area contributed by atoms with Crippen molar-refractivity contribution in [3.63, 3.8) is 0 Å². The van der Waals surface area contributed by atoms with Gasteiger partial charge in [0.15, 0.2) is 5.78 Å². The molecule has 0 aliphatic heterocycles. The molecule has 0 aliphatic rings. The minimum atomic E-state index is -3.29. The van der Waals surface area contributed by atoms with Crippen LogP contribution in [0.4, 0.5) is 0 Å². The van der Waals surface area contributed by atoms with E-state index in [1.165, 1.54) is 14.2 Å². The molecule has 5 nitrogen and oxygen atoms in total. The number of benzene rings is 1. The molecule has 18 heavy (non-hydrogen) atoms. The van der Waals surface area contributed by atoms with Crippen LogP contribution in [0.2, 0.25) is 0 Å². The number of ketones is 1. The number of ether oxygens (including phenoxy) is 1. The normalized spacial score (nSPS) is 10.6. The molecular formula is C11H15LiO5P. The maximum atomic E-state index is 11.7. The maximum Gasteiger partial charge on any atom is 0.337 e. The van der Waals surface area contributed by atoms with Gasteiger partial charge >= 0.3 is 7.60 Å². The van der Waals surface area contributed by atoms with Crippen molar-refractivity contribution in [1.82, 2.24) is 0 Å². The van der Waals surface area contributed by atoms with Crippen molar-refractivity contribution in [3.8, 4) is 5.75 Å².